The first-order valence-electron chi connectivity index (χ1n) is 10.9. The highest BCUT2D eigenvalue weighted by atomic mass is 16.5. The van der Waals surface area contributed by atoms with Gasteiger partial charge in [0.05, 0.1) is 11.7 Å². The molecule has 2 fully saturated rings. The van der Waals surface area contributed by atoms with E-state index >= 15 is 0 Å². The van der Waals surface area contributed by atoms with Gasteiger partial charge in [-0.3, -0.25) is 0 Å². The molecular weight excluding hydrogens is 296 g/mol. The standard InChI is InChI=1S/C22H42O2/c1-4-6-7-8-9-10-19-15-17-22(23-3,18-16-19)20-11-13-21(14-12-20)24-5-2/h19-21H,4-18H2,1-3H3. The van der Waals surface area contributed by atoms with Crippen LogP contribution >= 0.6 is 0 Å². The van der Waals surface area contributed by atoms with E-state index in [9.17, 15) is 0 Å². The van der Waals surface area contributed by atoms with Crippen molar-refractivity contribution in [1.29, 1.82) is 0 Å². The summed E-state index contributed by atoms with van der Waals surface area (Å²) in [7, 11) is 1.97. The Hall–Kier alpha value is -0.0800. The van der Waals surface area contributed by atoms with Crippen LogP contribution in [0, 0.1) is 11.8 Å². The summed E-state index contributed by atoms with van der Waals surface area (Å²) in [6.45, 7) is 5.28. The van der Waals surface area contributed by atoms with Crippen LogP contribution in [0.4, 0.5) is 0 Å². The molecule has 2 aliphatic rings. The van der Waals surface area contributed by atoms with Gasteiger partial charge >= 0.3 is 0 Å². The third-order valence-corrected chi connectivity index (χ3v) is 6.89. The van der Waals surface area contributed by atoms with Crippen LogP contribution in [0.25, 0.3) is 0 Å². The van der Waals surface area contributed by atoms with Crippen LogP contribution < -0.4 is 0 Å². The Labute approximate surface area is 151 Å². The van der Waals surface area contributed by atoms with Crippen molar-refractivity contribution in [3.63, 3.8) is 0 Å². The lowest BCUT2D eigenvalue weighted by Crippen LogP contribution is -2.45. The third-order valence-electron chi connectivity index (χ3n) is 6.89. The Kier molecular flexibility index (Phi) is 9.11. The zero-order chi connectivity index (χ0) is 17.3. The van der Waals surface area contributed by atoms with E-state index in [0.29, 0.717) is 6.10 Å². The monoisotopic (exact) mass is 338 g/mol. The zero-order valence-corrected chi connectivity index (χ0v) is 16.7. The van der Waals surface area contributed by atoms with E-state index < -0.39 is 0 Å². The smallest absolute Gasteiger partial charge is 0.0707 e. The summed E-state index contributed by atoms with van der Waals surface area (Å²) >= 11 is 0. The van der Waals surface area contributed by atoms with Crippen molar-refractivity contribution in [3.05, 3.63) is 0 Å². The highest BCUT2D eigenvalue weighted by Crippen LogP contribution is 2.46. The van der Waals surface area contributed by atoms with E-state index in [0.717, 1.165) is 18.4 Å². The summed E-state index contributed by atoms with van der Waals surface area (Å²) in [5.41, 5.74) is 0.190. The molecule has 0 aromatic carbocycles. The molecule has 24 heavy (non-hydrogen) atoms. The SMILES string of the molecule is CCCCCCCC1CCC(OC)(C2CCC(OCC)CC2)CC1. The maximum absolute atomic E-state index is 6.18. The molecule has 0 aliphatic heterocycles. The Morgan fingerprint density at radius 1 is 0.833 bits per heavy atom. The molecule has 2 heteroatoms. The van der Waals surface area contributed by atoms with E-state index in [4.69, 9.17) is 9.47 Å². The van der Waals surface area contributed by atoms with Gasteiger partial charge in [-0.05, 0) is 70.1 Å². The molecule has 0 N–H and O–H groups in total. The van der Waals surface area contributed by atoms with E-state index in [1.165, 1.54) is 89.9 Å². The van der Waals surface area contributed by atoms with Crippen LogP contribution in [0.15, 0.2) is 0 Å². The first-order valence-corrected chi connectivity index (χ1v) is 10.9. The van der Waals surface area contributed by atoms with Gasteiger partial charge in [-0.25, -0.2) is 0 Å². The van der Waals surface area contributed by atoms with Crippen molar-refractivity contribution in [2.75, 3.05) is 13.7 Å². The summed E-state index contributed by atoms with van der Waals surface area (Å²) in [6, 6.07) is 0. The molecular formula is C22H42O2. The van der Waals surface area contributed by atoms with E-state index in [2.05, 4.69) is 13.8 Å². The predicted molar refractivity (Wildman–Crippen MR) is 102 cm³/mol. The van der Waals surface area contributed by atoms with Crippen LogP contribution in [0.2, 0.25) is 0 Å². The van der Waals surface area contributed by atoms with Crippen LogP contribution in [0.1, 0.15) is 104 Å². The van der Waals surface area contributed by atoms with Crippen LogP contribution in [0.3, 0.4) is 0 Å². The van der Waals surface area contributed by atoms with Crippen molar-refractivity contribution < 1.29 is 9.47 Å². The van der Waals surface area contributed by atoms with Gasteiger partial charge in [0, 0.05) is 13.7 Å². The number of unbranched alkanes of at least 4 members (excludes halogenated alkanes) is 4. The number of rotatable bonds is 10. The fourth-order valence-corrected chi connectivity index (χ4v) is 5.26. The lowest BCUT2D eigenvalue weighted by molar-refractivity contribution is -0.112. The minimum absolute atomic E-state index is 0.190. The maximum atomic E-state index is 6.18. The summed E-state index contributed by atoms with van der Waals surface area (Å²) < 4.78 is 12.0. The second-order valence-electron chi connectivity index (χ2n) is 8.34. The molecule has 0 amide bonds. The minimum atomic E-state index is 0.190. The summed E-state index contributed by atoms with van der Waals surface area (Å²) in [5.74, 6) is 1.74. The van der Waals surface area contributed by atoms with Gasteiger partial charge in [0.15, 0.2) is 0 Å². The zero-order valence-electron chi connectivity index (χ0n) is 16.7. The summed E-state index contributed by atoms with van der Waals surface area (Å²) in [5, 5.41) is 0. The first kappa shape index (κ1) is 20.2. The van der Waals surface area contributed by atoms with Crippen molar-refractivity contribution >= 4 is 0 Å². The average molecular weight is 339 g/mol. The van der Waals surface area contributed by atoms with Gasteiger partial charge in [-0.2, -0.15) is 0 Å². The van der Waals surface area contributed by atoms with Gasteiger partial charge in [0.2, 0.25) is 0 Å². The van der Waals surface area contributed by atoms with E-state index in [1.54, 1.807) is 0 Å². The molecule has 0 aromatic rings. The number of ether oxygens (including phenoxy) is 2. The van der Waals surface area contributed by atoms with Crippen LogP contribution in [0.5, 0.6) is 0 Å². The minimum Gasteiger partial charge on any atom is -0.379 e. The lowest BCUT2D eigenvalue weighted by Gasteiger charge is -2.47. The molecule has 0 saturated heterocycles. The van der Waals surface area contributed by atoms with Crippen molar-refractivity contribution in [2.24, 2.45) is 11.8 Å². The number of hydrogen-bond acceptors (Lipinski definition) is 2. The largest absolute Gasteiger partial charge is 0.379 e. The molecule has 0 radical (unpaired) electrons. The first-order chi connectivity index (χ1) is 11.7. The molecule has 142 valence electrons. The highest BCUT2D eigenvalue weighted by molar-refractivity contribution is 4.95. The molecule has 0 atom stereocenters. The van der Waals surface area contributed by atoms with E-state index in [-0.39, 0.29) is 5.60 Å². The quantitative estimate of drug-likeness (QED) is 0.422. The fourth-order valence-electron chi connectivity index (χ4n) is 5.26. The topological polar surface area (TPSA) is 18.5 Å². The molecule has 2 rings (SSSR count). The molecule has 2 saturated carbocycles. The van der Waals surface area contributed by atoms with Gasteiger partial charge in [-0.1, -0.05) is 45.4 Å². The molecule has 0 spiro atoms. The Balaban J connectivity index is 1.71. The molecule has 2 aliphatic carbocycles. The van der Waals surface area contributed by atoms with Gasteiger partial charge in [0.25, 0.3) is 0 Å². The Morgan fingerprint density at radius 3 is 2.08 bits per heavy atom. The molecule has 0 heterocycles. The van der Waals surface area contributed by atoms with Gasteiger partial charge < -0.3 is 9.47 Å². The fraction of sp³-hybridized carbons (Fsp3) is 1.00. The molecule has 0 unspecified atom stereocenters. The number of methoxy groups -OCH3 is 1. The van der Waals surface area contributed by atoms with Gasteiger partial charge in [-0.15, -0.1) is 0 Å². The van der Waals surface area contributed by atoms with Crippen LogP contribution in [-0.2, 0) is 9.47 Å². The van der Waals surface area contributed by atoms with Crippen LogP contribution in [-0.4, -0.2) is 25.4 Å². The second-order valence-corrected chi connectivity index (χ2v) is 8.34. The molecule has 0 aromatic heterocycles. The normalized spacial score (nSPS) is 34.4. The lowest BCUT2D eigenvalue weighted by atomic mass is 9.66. The summed E-state index contributed by atoms with van der Waals surface area (Å²) in [4.78, 5) is 0. The maximum Gasteiger partial charge on any atom is 0.0707 e. The molecule has 2 nitrogen and oxygen atoms in total. The van der Waals surface area contributed by atoms with Crippen molar-refractivity contribution in [2.45, 2.75) is 115 Å². The predicted octanol–water partition coefficient (Wildman–Crippen LogP) is 6.52. The molecule has 0 bridgehead atoms. The van der Waals surface area contributed by atoms with Crippen molar-refractivity contribution in [1.82, 2.24) is 0 Å². The highest BCUT2D eigenvalue weighted by Gasteiger charge is 2.43. The van der Waals surface area contributed by atoms with Gasteiger partial charge in [0.1, 0.15) is 0 Å². The summed E-state index contributed by atoms with van der Waals surface area (Å²) in [6.07, 6.45) is 19.6. The Bertz CT molecular complexity index is 312. The average Bonchev–Trinajstić information content (AvgIpc) is 2.63. The Morgan fingerprint density at radius 2 is 1.50 bits per heavy atom. The second kappa shape index (κ2) is 10.8. The van der Waals surface area contributed by atoms with E-state index in [1.807, 2.05) is 7.11 Å². The van der Waals surface area contributed by atoms with Crippen molar-refractivity contribution in [3.8, 4) is 0 Å². The number of hydrogen-bond donors (Lipinski definition) is 0. The third kappa shape index (κ3) is 5.73.